The summed E-state index contributed by atoms with van der Waals surface area (Å²) in [6.07, 6.45) is 9.54. The lowest BCUT2D eigenvalue weighted by Crippen LogP contribution is -2.45. The second-order valence-corrected chi connectivity index (χ2v) is 7.81. The van der Waals surface area contributed by atoms with Gasteiger partial charge in [-0.25, -0.2) is 0 Å². The van der Waals surface area contributed by atoms with Crippen LogP contribution in [-0.4, -0.2) is 49.0 Å². The number of hydrogen-bond donors (Lipinski definition) is 3. The molecule has 3 N–H and O–H groups in total. The maximum Gasteiger partial charge on any atom is 0.287 e. The first kappa shape index (κ1) is 24.1. The Kier molecular flexibility index (Phi) is 11.9. The number of carbonyl (C=O) groups excluding carboxylic acids is 1. The average Bonchev–Trinajstić information content (AvgIpc) is 3.07. The standard InChI is InChI=1S/C19H32N4O2S.HI/c1-4-20-19(23-15-7-5-8-16(13-15)26-3)22-11-6-10-21-18(24)17-14(2)9-12-25-17;/h9,12,15-16H,4-8,10-11,13H2,1-3H3,(H,21,24)(H2,20,22,23);1H. The molecule has 154 valence electrons. The van der Waals surface area contributed by atoms with Gasteiger partial charge in [-0.3, -0.25) is 9.79 Å². The summed E-state index contributed by atoms with van der Waals surface area (Å²) in [6, 6.07) is 2.29. The van der Waals surface area contributed by atoms with Crippen LogP contribution in [0.2, 0.25) is 0 Å². The Hall–Kier alpha value is -0.900. The number of aliphatic imine (C=N–C) groups is 1. The van der Waals surface area contributed by atoms with Crippen molar-refractivity contribution in [2.75, 3.05) is 25.9 Å². The molecule has 0 aliphatic heterocycles. The molecule has 1 saturated carbocycles. The minimum atomic E-state index is -0.160. The number of nitrogens with zero attached hydrogens (tertiary/aromatic N) is 1. The summed E-state index contributed by atoms with van der Waals surface area (Å²) in [6.45, 7) is 6.04. The summed E-state index contributed by atoms with van der Waals surface area (Å²) in [5.41, 5.74) is 0.857. The molecule has 2 unspecified atom stereocenters. The topological polar surface area (TPSA) is 78.7 Å². The number of rotatable bonds is 8. The third kappa shape index (κ3) is 8.33. The van der Waals surface area contributed by atoms with E-state index in [1.165, 1.54) is 31.9 Å². The van der Waals surface area contributed by atoms with E-state index in [0.29, 0.717) is 24.9 Å². The molecule has 6 nitrogen and oxygen atoms in total. The van der Waals surface area contributed by atoms with Crippen LogP contribution in [0.1, 0.15) is 55.1 Å². The molecule has 0 aromatic carbocycles. The molecule has 2 rings (SSSR count). The largest absolute Gasteiger partial charge is 0.459 e. The van der Waals surface area contributed by atoms with Crippen LogP contribution in [0, 0.1) is 6.92 Å². The Balaban J connectivity index is 0.00000364. The molecule has 8 heteroatoms. The predicted molar refractivity (Wildman–Crippen MR) is 124 cm³/mol. The summed E-state index contributed by atoms with van der Waals surface area (Å²) in [4.78, 5) is 16.6. The van der Waals surface area contributed by atoms with Gasteiger partial charge in [0.05, 0.1) is 6.26 Å². The lowest BCUT2D eigenvalue weighted by Gasteiger charge is -2.29. The van der Waals surface area contributed by atoms with Crippen LogP contribution in [0.15, 0.2) is 21.7 Å². The van der Waals surface area contributed by atoms with Gasteiger partial charge in [-0.2, -0.15) is 11.8 Å². The molecular formula is C19H33IN4O2S. The van der Waals surface area contributed by atoms with Crippen LogP contribution < -0.4 is 16.0 Å². The number of carbonyl (C=O) groups is 1. The number of aryl methyl sites for hydroxylation is 1. The molecule has 1 heterocycles. The Morgan fingerprint density at radius 1 is 1.37 bits per heavy atom. The molecule has 1 amide bonds. The first-order valence-corrected chi connectivity index (χ1v) is 10.8. The number of nitrogens with one attached hydrogen (secondary N) is 3. The number of halogens is 1. The smallest absolute Gasteiger partial charge is 0.287 e. The lowest BCUT2D eigenvalue weighted by atomic mass is 9.95. The van der Waals surface area contributed by atoms with Crippen molar-refractivity contribution in [2.45, 2.75) is 57.2 Å². The number of hydrogen-bond acceptors (Lipinski definition) is 4. The molecule has 0 radical (unpaired) electrons. The van der Waals surface area contributed by atoms with E-state index in [4.69, 9.17) is 4.42 Å². The van der Waals surface area contributed by atoms with Gasteiger partial charge < -0.3 is 20.4 Å². The van der Waals surface area contributed by atoms with Gasteiger partial charge in [-0.05, 0) is 51.9 Å². The fourth-order valence-electron chi connectivity index (χ4n) is 3.16. The van der Waals surface area contributed by atoms with Crippen LogP contribution in [0.3, 0.4) is 0 Å². The molecule has 2 atom stereocenters. The van der Waals surface area contributed by atoms with E-state index in [0.717, 1.165) is 29.7 Å². The van der Waals surface area contributed by atoms with E-state index in [2.05, 4.69) is 34.1 Å². The maximum absolute atomic E-state index is 12.0. The van der Waals surface area contributed by atoms with Crippen molar-refractivity contribution in [2.24, 2.45) is 4.99 Å². The average molecular weight is 508 g/mol. The number of guanidine groups is 1. The number of thioether (sulfide) groups is 1. The van der Waals surface area contributed by atoms with E-state index in [1.54, 1.807) is 6.07 Å². The molecule has 27 heavy (non-hydrogen) atoms. The molecular weight excluding hydrogens is 475 g/mol. The normalized spacial score (nSPS) is 19.9. The monoisotopic (exact) mass is 508 g/mol. The van der Waals surface area contributed by atoms with Gasteiger partial charge >= 0.3 is 0 Å². The fourth-order valence-corrected chi connectivity index (χ4v) is 3.99. The molecule has 1 fully saturated rings. The summed E-state index contributed by atoms with van der Waals surface area (Å²) in [7, 11) is 0. The van der Waals surface area contributed by atoms with Crippen LogP contribution in [0.5, 0.6) is 0 Å². The van der Waals surface area contributed by atoms with Gasteiger partial charge in [0.1, 0.15) is 0 Å². The molecule has 0 saturated heterocycles. The van der Waals surface area contributed by atoms with Gasteiger partial charge in [0, 0.05) is 36.5 Å². The molecule has 1 aromatic rings. The summed E-state index contributed by atoms with van der Waals surface area (Å²) >= 11 is 1.97. The van der Waals surface area contributed by atoms with Crippen molar-refractivity contribution < 1.29 is 9.21 Å². The molecule has 1 aliphatic carbocycles. The van der Waals surface area contributed by atoms with Gasteiger partial charge in [-0.1, -0.05) is 6.42 Å². The van der Waals surface area contributed by atoms with Crippen molar-refractivity contribution in [3.63, 3.8) is 0 Å². The van der Waals surface area contributed by atoms with Gasteiger partial charge in [0.15, 0.2) is 11.7 Å². The van der Waals surface area contributed by atoms with Gasteiger partial charge in [0.25, 0.3) is 5.91 Å². The third-order valence-electron chi connectivity index (χ3n) is 4.60. The fraction of sp³-hybridized carbons (Fsp3) is 0.684. The third-order valence-corrected chi connectivity index (χ3v) is 5.70. The zero-order valence-corrected chi connectivity index (χ0v) is 19.7. The second kappa shape index (κ2) is 13.3. The number of furan rings is 1. The Bertz CT molecular complexity index is 594. The van der Waals surface area contributed by atoms with Crippen molar-refractivity contribution in [1.29, 1.82) is 0 Å². The first-order chi connectivity index (χ1) is 12.6. The van der Waals surface area contributed by atoms with Crippen LogP contribution >= 0.6 is 35.7 Å². The van der Waals surface area contributed by atoms with E-state index in [1.807, 2.05) is 18.7 Å². The zero-order valence-electron chi connectivity index (χ0n) is 16.5. The highest BCUT2D eigenvalue weighted by atomic mass is 127. The summed E-state index contributed by atoms with van der Waals surface area (Å²) < 4.78 is 5.19. The highest BCUT2D eigenvalue weighted by Crippen LogP contribution is 2.26. The summed E-state index contributed by atoms with van der Waals surface area (Å²) in [5, 5.41) is 10.5. The van der Waals surface area contributed by atoms with Gasteiger partial charge in [0.2, 0.25) is 0 Å². The SMILES string of the molecule is CCNC(=NCCCNC(=O)c1occc1C)NC1CCCC(SC)C1.I. The highest BCUT2D eigenvalue weighted by Gasteiger charge is 2.21. The quantitative estimate of drug-likeness (QED) is 0.217. The van der Waals surface area contributed by atoms with Crippen molar-refractivity contribution in [3.8, 4) is 0 Å². The van der Waals surface area contributed by atoms with Crippen molar-refractivity contribution in [1.82, 2.24) is 16.0 Å². The van der Waals surface area contributed by atoms with E-state index in [-0.39, 0.29) is 29.9 Å². The van der Waals surface area contributed by atoms with Crippen molar-refractivity contribution >= 4 is 47.6 Å². The Morgan fingerprint density at radius 3 is 2.85 bits per heavy atom. The summed E-state index contributed by atoms with van der Waals surface area (Å²) in [5.74, 6) is 1.11. The minimum absolute atomic E-state index is 0. The Labute approximate surface area is 184 Å². The van der Waals surface area contributed by atoms with E-state index >= 15 is 0 Å². The second-order valence-electron chi connectivity index (χ2n) is 6.67. The molecule has 0 bridgehead atoms. The molecule has 1 aliphatic rings. The van der Waals surface area contributed by atoms with E-state index in [9.17, 15) is 4.79 Å². The minimum Gasteiger partial charge on any atom is -0.459 e. The van der Waals surface area contributed by atoms with Crippen LogP contribution in [0.4, 0.5) is 0 Å². The zero-order chi connectivity index (χ0) is 18.8. The molecule has 1 aromatic heterocycles. The van der Waals surface area contributed by atoms with Crippen molar-refractivity contribution in [3.05, 3.63) is 23.7 Å². The maximum atomic E-state index is 12.0. The molecule has 0 spiro atoms. The first-order valence-electron chi connectivity index (χ1n) is 9.54. The van der Waals surface area contributed by atoms with Gasteiger partial charge in [-0.15, -0.1) is 24.0 Å². The highest BCUT2D eigenvalue weighted by molar-refractivity contribution is 14.0. The Morgan fingerprint density at radius 2 is 2.19 bits per heavy atom. The number of amides is 1. The van der Waals surface area contributed by atoms with Crippen LogP contribution in [0.25, 0.3) is 0 Å². The predicted octanol–water partition coefficient (Wildman–Crippen LogP) is 3.56. The van der Waals surface area contributed by atoms with E-state index < -0.39 is 0 Å². The lowest BCUT2D eigenvalue weighted by molar-refractivity contribution is 0.0925. The van der Waals surface area contributed by atoms with Crippen LogP contribution in [-0.2, 0) is 0 Å².